The number of likely N-dealkylation sites (tertiary alicyclic amines) is 1. The highest BCUT2D eigenvalue weighted by Gasteiger charge is 2.49. The van der Waals surface area contributed by atoms with Crippen LogP contribution in [-0.2, 0) is 4.79 Å². The molecule has 3 heterocycles. The minimum Gasteiger partial charge on any atom is -0.342 e. The number of likely N-dealkylation sites (N-methyl/N-ethyl adjacent to an activating group) is 1. The molecule has 0 aromatic heterocycles. The maximum atomic E-state index is 12.4. The van der Waals surface area contributed by atoms with Gasteiger partial charge in [-0.2, -0.15) is 0 Å². The zero-order valence-electron chi connectivity index (χ0n) is 14.1. The summed E-state index contributed by atoms with van der Waals surface area (Å²) in [4.78, 5) is 34.8. The molecule has 3 rings (SSSR count). The molecule has 1 N–H and O–H groups in total. The van der Waals surface area contributed by atoms with E-state index in [4.69, 9.17) is 4.99 Å². The van der Waals surface area contributed by atoms with Crippen LogP contribution in [0.25, 0.3) is 0 Å². The summed E-state index contributed by atoms with van der Waals surface area (Å²) in [6.07, 6.45) is 1.88. The number of fused-ring (bicyclic) bond motifs is 1. The number of hydrogen-bond donors (Lipinski definition) is 1. The third-order valence-corrected chi connectivity index (χ3v) is 4.72. The number of rotatable bonds is 2. The van der Waals surface area contributed by atoms with E-state index in [0.717, 1.165) is 31.0 Å². The van der Waals surface area contributed by atoms with E-state index < -0.39 is 12.2 Å². The summed E-state index contributed by atoms with van der Waals surface area (Å²) in [6, 6.07) is -0.856. The molecular weight excluding hydrogens is 294 g/mol. The second kappa shape index (κ2) is 5.86. The molecule has 0 aromatic carbocycles. The Hall–Kier alpha value is -2.05. The molecule has 3 aliphatic heterocycles. The molecule has 126 valence electrons. The lowest BCUT2D eigenvalue weighted by Crippen LogP contribution is -2.64. The van der Waals surface area contributed by atoms with Gasteiger partial charge >= 0.3 is 6.03 Å². The standard InChI is InChI=1S/C16H25N5O2/c1-10(2)8-21-12-13(19(4)16(23)18-14(12)22)17-15(21)20-7-5-6-11(3)9-20/h11-13H,1,5-9H2,2-4H3,(H,18,22,23). The van der Waals surface area contributed by atoms with Gasteiger partial charge in [0, 0.05) is 26.7 Å². The number of aliphatic imine (C=N–C) groups is 1. The summed E-state index contributed by atoms with van der Waals surface area (Å²) >= 11 is 0. The number of piperidine rings is 1. The van der Waals surface area contributed by atoms with E-state index >= 15 is 0 Å². The fourth-order valence-corrected chi connectivity index (χ4v) is 3.61. The molecule has 7 heteroatoms. The molecule has 3 amide bonds. The van der Waals surface area contributed by atoms with Crippen LogP contribution >= 0.6 is 0 Å². The van der Waals surface area contributed by atoms with Crippen LogP contribution in [0.1, 0.15) is 26.7 Å². The van der Waals surface area contributed by atoms with Crippen LogP contribution in [0.2, 0.25) is 0 Å². The minimum atomic E-state index is -0.471. The Bertz CT molecular complexity index is 573. The van der Waals surface area contributed by atoms with E-state index in [9.17, 15) is 9.59 Å². The zero-order chi connectivity index (χ0) is 16.7. The summed E-state index contributed by atoms with van der Waals surface area (Å²) in [6.45, 7) is 10.6. The number of imide groups is 1. The highest BCUT2D eigenvalue weighted by molar-refractivity contribution is 6.03. The van der Waals surface area contributed by atoms with E-state index in [0.29, 0.717) is 12.5 Å². The molecule has 0 radical (unpaired) electrons. The number of nitrogens with one attached hydrogen (secondary N) is 1. The van der Waals surface area contributed by atoms with Crippen molar-refractivity contribution in [1.29, 1.82) is 0 Å². The molecule has 23 heavy (non-hydrogen) atoms. The quantitative estimate of drug-likeness (QED) is 0.766. The van der Waals surface area contributed by atoms with Crippen molar-refractivity contribution in [2.45, 2.75) is 38.9 Å². The van der Waals surface area contributed by atoms with Crippen LogP contribution in [0.3, 0.4) is 0 Å². The average molecular weight is 319 g/mol. The molecule has 3 aliphatic rings. The van der Waals surface area contributed by atoms with Gasteiger partial charge in [-0.15, -0.1) is 0 Å². The first kappa shape index (κ1) is 15.8. The molecule has 2 fully saturated rings. The average Bonchev–Trinajstić information content (AvgIpc) is 2.84. The first-order valence-corrected chi connectivity index (χ1v) is 8.20. The van der Waals surface area contributed by atoms with Crippen molar-refractivity contribution in [2.75, 3.05) is 26.7 Å². The summed E-state index contributed by atoms with van der Waals surface area (Å²) in [7, 11) is 1.68. The molecule has 7 nitrogen and oxygen atoms in total. The maximum Gasteiger partial charge on any atom is 0.325 e. The van der Waals surface area contributed by atoms with Crippen molar-refractivity contribution in [3.8, 4) is 0 Å². The normalized spacial score (nSPS) is 31.0. The molecule has 2 saturated heterocycles. The third-order valence-electron chi connectivity index (χ3n) is 4.72. The predicted molar refractivity (Wildman–Crippen MR) is 87.8 cm³/mol. The SMILES string of the molecule is C=C(C)CN1C(N2CCCC(C)C2)=NC2C1C(=O)NC(=O)N2C. The first-order chi connectivity index (χ1) is 10.9. The Kier molecular flexibility index (Phi) is 4.04. The topological polar surface area (TPSA) is 68.2 Å². The Morgan fingerprint density at radius 1 is 1.43 bits per heavy atom. The van der Waals surface area contributed by atoms with Crippen molar-refractivity contribution in [3.63, 3.8) is 0 Å². The van der Waals surface area contributed by atoms with Gasteiger partial charge in [-0.3, -0.25) is 10.1 Å². The number of hydrogen-bond acceptors (Lipinski definition) is 5. The number of carbonyl (C=O) groups is 2. The van der Waals surface area contributed by atoms with Gasteiger partial charge in [0.25, 0.3) is 5.91 Å². The number of nitrogens with zero attached hydrogens (tertiary/aromatic N) is 4. The van der Waals surface area contributed by atoms with Crippen molar-refractivity contribution >= 4 is 17.9 Å². The van der Waals surface area contributed by atoms with Crippen molar-refractivity contribution in [1.82, 2.24) is 20.0 Å². The van der Waals surface area contributed by atoms with Gasteiger partial charge in [0.2, 0.25) is 0 Å². The van der Waals surface area contributed by atoms with Gasteiger partial charge in [0.05, 0.1) is 0 Å². The van der Waals surface area contributed by atoms with Gasteiger partial charge in [0.15, 0.2) is 18.2 Å². The lowest BCUT2D eigenvalue weighted by atomic mass is 10.0. The minimum absolute atomic E-state index is 0.275. The van der Waals surface area contributed by atoms with Crippen molar-refractivity contribution < 1.29 is 9.59 Å². The smallest absolute Gasteiger partial charge is 0.325 e. The van der Waals surface area contributed by atoms with Crippen LogP contribution in [0.5, 0.6) is 0 Å². The summed E-state index contributed by atoms with van der Waals surface area (Å²) in [5.74, 6) is 1.16. The molecule has 0 aliphatic carbocycles. The van der Waals surface area contributed by atoms with Crippen LogP contribution in [-0.4, -0.2) is 71.5 Å². The summed E-state index contributed by atoms with van der Waals surface area (Å²) in [5.41, 5.74) is 0.968. The second-order valence-corrected chi connectivity index (χ2v) is 6.97. The second-order valence-electron chi connectivity index (χ2n) is 6.97. The highest BCUT2D eigenvalue weighted by Crippen LogP contribution is 2.28. The number of amides is 3. The monoisotopic (exact) mass is 319 g/mol. The Balaban J connectivity index is 1.93. The van der Waals surface area contributed by atoms with Gasteiger partial charge in [0.1, 0.15) is 0 Å². The molecule has 0 aromatic rings. The van der Waals surface area contributed by atoms with E-state index in [1.807, 2.05) is 11.8 Å². The lowest BCUT2D eigenvalue weighted by Gasteiger charge is -2.39. The van der Waals surface area contributed by atoms with E-state index in [2.05, 4.69) is 23.7 Å². The Labute approximate surface area is 137 Å². The molecular formula is C16H25N5O2. The van der Waals surface area contributed by atoms with E-state index in [-0.39, 0.29) is 11.9 Å². The van der Waals surface area contributed by atoms with Crippen LogP contribution in [0.15, 0.2) is 17.1 Å². The molecule has 0 bridgehead atoms. The van der Waals surface area contributed by atoms with Crippen LogP contribution in [0, 0.1) is 5.92 Å². The predicted octanol–water partition coefficient (Wildman–Crippen LogP) is 0.842. The van der Waals surface area contributed by atoms with Crippen molar-refractivity contribution in [3.05, 3.63) is 12.2 Å². The lowest BCUT2D eigenvalue weighted by molar-refractivity contribution is -0.127. The molecule has 3 atom stereocenters. The molecule has 0 spiro atoms. The third kappa shape index (κ3) is 2.80. The highest BCUT2D eigenvalue weighted by atomic mass is 16.2. The summed E-state index contributed by atoms with van der Waals surface area (Å²) < 4.78 is 0. The van der Waals surface area contributed by atoms with Crippen molar-refractivity contribution in [2.24, 2.45) is 10.9 Å². The van der Waals surface area contributed by atoms with Gasteiger partial charge < -0.3 is 14.7 Å². The Morgan fingerprint density at radius 2 is 2.17 bits per heavy atom. The van der Waals surface area contributed by atoms with Gasteiger partial charge in [-0.05, 0) is 25.7 Å². The van der Waals surface area contributed by atoms with E-state index in [1.165, 1.54) is 11.3 Å². The van der Waals surface area contributed by atoms with Crippen LogP contribution in [0.4, 0.5) is 4.79 Å². The molecule has 0 saturated carbocycles. The number of urea groups is 1. The zero-order valence-corrected chi connectivity index (χ0v) is 14.1. The van der Waals surface area contributed by atoms with Gasteiger partial charge in [-0.25, -0.2) is 9.79 Å². The maximum absolute atomic E-state index is 12.4. The molecule has 3 unspecified atom stereocenters. The number of guanidine groups is 1. The van der Waals surface area contributed by atoms with E-state index in [1.54, 1.807) is 7.05 Å². The fraction of sp³-hybridized carbons (Fsp3) is 0.688. The first-order valence-electron chi connectivity index (χ1n) is 8.20. The van der Waals surface area contributed by atoms with Crippen LogP contribution < -0.4 is 5.32 Å². The largest absolute Gasteiger partial charge is 0.342 e. The fourth-order valence-electron chi connectivity index (χ4n) is 3.61. The Morgan fingerprint density at radius 3 is 2.83 bits per heavy atom. The summed E-state index contributed by atoms with van der Waals surface area (Å²) in [5, 5.41) is 2.42. The van der Waals surface area contributed by atoms with Gasteiger partial charge in [-0.1, -0.05) is 19.1 Å². The number of carbonyl (C=O) groups excluding carboxylic acids is 2.